The van der Waals surface area contributed by atoms with Crippen LogP contribution in [-0.2, 0) is 4.79 Å². The summed E-state index contributed by atoms with van der Waals surface area (Å²) in [6.07, 6.45) is 4.11. The van der Waals surface area contributed by atoms with E-state index in [-0.39, 0.29) is 11.9 Å². The lowest BCUT2D eigenvalue weighted by Crippen LogP contribution is -2.41. The van der Waals surface area contributed by atoms with Gasteiger partial charge in [-0.25, -0.2) is 0 Å². The molecule has 1 fully saturated rings. The summed E-state index contributed by atoms with van der Waals surface area (Å²) in [7, 11) is 0. The second-order valence-electron chi connectivity index (χ2n) is 2.61. The topological polar surface area (TPSA) is 42.0 Å². The summed E-state index contributed by atoms with van der Waals surface area (Å²) < 4.78 is 0. The molecule has 0 aliphatic carbocycles. The molecule has 1 aliphatic heterocycles. The fourth-order valence-electron chi connectivity index (χ4n) is 1.14. The zero-order valence-electron chi connectivity index (χ0n) is 5.95. The fraction of sp³-hybridized carbons (Fsp3) is 0.250. The fourth-order valence-corrected chi connectivity index (χ4v) is 1.14. The van der Waals surface area contributed by atoms with Crippen molar-refractivity contribution < 1.29 is 4.79 Å². The third-order valence-electron chi connectivity index (χ3n) is 1.81. The molecule has 0 spiro atoms. The normalized spacial score (nSPS) is 22.2. The van der Waals surface area contributed by atoms with E-state index in [1.165, 1.54) is 0 Å². The first-order valence-electron chi connectivity index (χ1n) is 3.55. The van der Waals surface area contributed by atoms with Crippen molar-refractivity contribution in [3.8, 4) is 0 Å². The average molecular weight is 148 g/mol. The number of carbonyl (C=O) groups is 1. The largest absolute Gasteiger partial charge is 0.349 e. The van der Waals surface area contributed by atoms with Crippen molar-refractivity contribution in [2.75, 3.05) is 0 Å². The molecule has 1 saturated heterocycles. The molecule has 3 heteroatoms. The van der Waals surface area contributed by atoms with Gasteiger partial charge in [-0.05, 0) is 11.6 Å². The van der Waals surface area contributed by atoms with Crippen molar-refractivity contribution in [3.63, 3.8) is 0 Å². The first-order valence-corrected chi connectivity index (χ1v) is 3.55. The predicted molar refractivity (Wildman–Crippen MR) is 39.7 cm³/mol. The third kappa shape index (κ3) is 1.09. The molecule has 1 amide bonds. The number of amides is 1. The Labute approximate surface area is 64.5 Å². The van der Waals surface area contributed by atoms with Gasteiger partial charge >= 0.3 is 0 Å². The van der Waals surface area contributed by atoms with Gasteiger partial charge in [0.05, 0.1) is 12.5 Å². The average Bonchev–Trinajstić information content (AvgIpc) is 2.01. The smallest absolute Gasteiger partial charge is 0.222 e. The molecule has 1 aromatic rings. The molecule has 56 valence electrons. The van der Waals surface area contributed by atoms with Crippen LogP contribution in [0.2, 0.25) is 0 Å². The van der Waals surface area contributed by atoms with Crippen LogP contribution >= 0.6 is 0 Å². The number of nitrogens with one attached hydrogen (secondary N) is 1. The second kappa shape index (κ2) is 2.34. The van der Waals surface area contributed by atoms with Crippen molar-refractivity contribution in [1.82, 2.24) is 10.3 Å². The van der Waals surface area contributed by atoms with Crippen molar-refractivity contribution >= 4 is 5.91 Å². The molecule has 1 aromatic heterocycles. The summed E-state index contributed by atoms with van der Waals surface area (Å²) >= 11 is 0. The zero-order chi connectivity index (χ0) is 7.68. The minimum Gasteiger partial charge on any atom is -0.349 e. The van der Waals surface area contributed by atoms with Crippen molar-refractivity contribution in [3.05, 3.63) is 30.1 Å². The quantitative estimate of drug-likeness (QED) is 0.594. The minimum atomic E-state index is 0.124. The molecular weight excluding hydrogens is 140 g/mol. The van der Waals surface area contributed by atoms with Gasteiger partial charge < -0.3 is 5.32 Å². The molecular formula is C8H8N2O. The van der Waals surface area contributed by atoms with E-state index in [0.29, 0.717) is 6.42 Å². The number of hydrogen-bond acceptors (Lipinski definition) is 2. The lowest BCUT2D eigenvalue weighted by atomic mass is 9.99. The highest BCUT2D eigenvalue weighted by Crippen LogP contribution is 2.22. The van der Waals surface area contributed by atoms with Crippen LogP contribution in [0.25, 0.3) is 0 Å². The lowest BCUT2D eigenvalue weighted by Gasteiger charge is -2.26. The van der Waals surface area contributed by atoms with E-state index < -0.39 is 0 Å². The summed E-state index contributed by atoms with van der Waals surface area (Å²) in [6, 6.07) is 4.05. The van der Waals surface area contributed by atoms with Gasteiger partial charge in [-0.2, -0.15) is 0 Å². The van der Waals surface area contributed by atoms with Gasteiger partial charge in [0.25, 0.3) is 0 Å². The van der Waals surface area contributed by atoms with Crippen LogP contribution in [0.5, 0.6) is 0 Å². The Morgan fingerprint density at radius 3 is 3.00 bits per heavy atom. The molecule has 3 nitrogen and oxygen atoms in total. The van der Waals surface area contributed by atoms with Gasteiger partial charge in [0.2, 0.25) is 5.91 Å². The van der Waals surface area contributed by atoms with E-state index in [9.17, 15) is 4.79 Å². The maximum Gasteiger partial charge on any atom is 0.222 e. The number of carbonyl (C=O) groups excluding carboxylic acids is 1. The highest BCUT2D eigenvalue weighted by Gasteiger charge is 2.26. The van der Waals surface area contributed by atoms with E-state index in [1.54, 1.807) is 12.4 Å². The molecule has 1 unspecified atom stereocenters. The number of hydrogen-bond donors (Lipinski definition) is 1. The first kappa shape index (κ1) is 6.34. The predicted octanol–water partition coefficient (Wildman–Crippen LogP) is 0.643. The molecule has 1 atom stereocenters. The Morgan fingerprint density at radius 2 is 2.45 bits per heavy atom. The number of nitrogens with zero attached hydrogens (tertiary/aromatic N) is 1. The molecule has 0 saturated carbocycles. The maximum absolute atomic E-state index is 10.6. The molecule has 0 aromatic carbocycles. The summed E-state index contributed by atoms with van der Waals surface area (Å²) in [4.78, 5) is 14.5. The molecule has 2 rings (SSSR count). The summed E-state index contributed by atoms with van der Waals surface area (Å²) in [5, 5.41) is 2.78. The first-order chi connectivity index (χ1) is 5.36. The minimum absolute atomic E-state index is 0.124. The van der Waals surface area contributed by atoms with Crippen LogP contribution in [0.15, 0.2) is 24.5 Å². The van der Waals surface area contributed by atoms with Gasteiger partial charge in [0, 0.05) is 12.4 Å². The molecule has 0 bridgehead atoms. The third-order valence-corrected chi connectivity index (χ3v) is 1.81. The highest BCUT2D eigenvalue weighted by atomic mass is 16.2. The van der Waals surface area contributed by atoms with Gasteiger partial charge in [-0.3, -0.25) is 9.78 Å². The summed E-state index contributed by atoms with van der Waals surface area (Å²) in [5.41, 5.74) is 1.09. The Kier molecular flexibility index (Phi) is 1.35. The van der Waals surface area contributed by atoms with Crippen LogP contribution in [-0.4, -0.2) is 10.9 Å². The van der Waals surface area contributed by atoms with E-state index >= 15 is 0 Å². The zero-order valence-corrected chi connectivity index (χ0v) is 5.95. The van der Waals surface area contributed by atoms with Gasteiger partial charge in [0.15, 0.2) is 0 Å². The van der Waals surface area contributed by atoms with Crippen LogP contribution in [0.3, 0.4) is 0 Å². The molecule has 2 heterocycles. The SMILES string of the molecule is O=C1CC(c2cccnc2)N1. The molecule has 1 N–H and O–H groups in total. The number of rotatable bonds is 1. The number of β-lactam (4-membered cyclic amide) rings is 1. The van der Waals surface area contributed by atoms with Crippen LogP contribution in [0.1, 0.15) is 18.0 Å². The number of aromatic nitrogens is 1. The summed E-state index contributed by atoms with van der Waals surface area (Å²) in [5.74, 6) is 0.124. The second-order valence-corrected chi connectivity index (χ2v) is 2.61. The Morgan fingerprint density at radius 1 is 1.64 bits per heavy atom. The molecule has 1 aliphatic rings. The van der Waals surface area contributed by atoms with Gasteiger partial charge in [-0.15, -0.1) is 0 Å². The van der Waals surface area contributed by atoms with Crippen LogP contribution in [0.4, 0.5) is 0 Å². The van der Waals surface area contributed by atoms with Gasteiger partial charge in [0.1, 0.15) is 0 Å². The number of pyridine rings is 1. The highest BCUT2D eigenvalue weighted by molar-refractivity contribution is 5.83. The van der Waals surface area contributed by atoms with Crippen molar-refractivity contribution in [1.29, 1.82) is 0 Å². The van der Waals surface area contributed by atoms with E-state index in [0.717, 1.165) is 5.56 Å². The Balaban J connectivity index is 2.13. The standard InChI is InChI=1S/C8H8N2O/c11-8-4-7(10-8)6-2-1-3-9-5-6/h1-3,5,7H,4H2,(H,10,11). The lowest BCUT2D eigenvalue weighted by molar-refractivity contribution is -0.128. The van der Waals surface area contributed by atoms with Crippen molar-refractivity contribution in [2.45, 2.75) is 12.5 Å². The van der Waals surface area contributed by atoms with Crippen molar-refractivity contribution in [2.24, 2.45) is 0 Å². The van der Waals surface area contributed by atoms with Crippen LogP contribution < -0.4 is 5.32 Å². The van der Waals surface area contributed by atoms with Crippen LogP contribution in [0, 0.1) is 0 Å². The van der Waals surface area contributed by atoms with Gasteiger partial charge in [-0.1, -0.05) is 6.07 Å². The molecule has 0 radical (unpaired) electrons. The molecule has 11 heavy (non-hydrogen) atoms. The van der Waals surface area contributed by atoms with E-state index in [2.05, 4.69) is 10.3 Å². The monoisotopic (exact) mass is 148 g/mol. The maximum atomic E-state index is 10.6. The Hall–Kier alpha value is -1.38. The van der Waals surface area contributed by atoms with E-state index in [1.807, 2.05) is 12.1 Å². The van der Waals surface area contributed by atoms with E-state index in [4.69, 9.17) is 0 Å². The Bertz CT molecular complexity index is 263. The summed E-state index contributed by atoms with van der Waals surface area (Å²) in [6.45, 7) is 0.